The first-order valence-electron chi connectivity index (χ1n) is 6.63. The highest BCUT2D eigenvalue weighted by molar-refractivity contribution is 9.10. The van der Waals surface area contributed by atoms with E-state index in [2.05, 4.69) is 33.1 Å². The van der Waals surface area contributed by atoms with Gasteiger partial charge >= 0.3 is 0 Å². The quantitative estimate of drug-likeness (QED) is 0.791. The zero-order valence-electron chi connectivity index (χ0n) is 11.9. The lowest BCUT2D eigenvalue weighted by Gasteiger charge is -2.16. The molecule has 0 aliphatic rings. The fraction of sp³-hybridized carbons (Fsp3) is 0.462. The smallest absolute Gasteiger partial charge is 0.242 e. The maximum absolute atomic E-state index is 12.3. The zero-order valence-corrected chi connectivity index (χ0v) is 14.3. The monoisotopic (exact) mass is 372 g/mol. The van der Waals surface area contributed by atoms with E-state index in [0.717, 1.165) is 24.4 Å². The summed E-state index contributed by atoms with van der Waals surface area (Å²) in [6.45, 7) is 2.66. The van der Waals surface area contributed by atoms with E-state index in [-0.39, 0.29) is 12.5 Å². The maximum atomic E-state index is 12.3. The van der Waals surface area contributed by atoms with Gasteiger partial charge in [-0.15, -0.1) is 0 Å². The van der Waals surface area contributed by atoms with Gasteiger partial charge < -0.3 is 9.32 Å². The molecule has 0 atom stereocenters. The number of rotatable bonds is 6. The number of carbonyl (C=O) groups is 1. The van der Waals surface area contributed by atoms with Crippen LogP contribution < -0.4 is 0 Å². The average molecular weight is 373 g/mol. The Morgan fingerprint density at radius 3 is 2.95 bits per heavy atom. The van der Waals surface area contributed by atoms with Gasteiger partial charge in [0.2, 0.25) is 5.91 Å². The minimum Gasteiger partial charge on any atom is -0.452 e. The van der Waals surface area contributed by atoms with Gasteiger partial charge in [0.05, 0.1) is 6.54 Å². The van der Waals surface area contributed by atoms with Crippen molar-refractivity contribution in [1.82, 2.24) is 19.7 Å². The summed E-state index contributed by atoms with van der Waals surface area (Å²) in [6.07, 6.45) is 1.74. The normalized spacial score (nSPS) is 10.8. The average Bonchev–Trinajstić information content (AvgIpc) is 2.99. The van der Waals surface area contributed by atoms with Crippen molar-refractivity contribution in [3.8, 4) is 0 Å². The van der Waals surface area contributed by atoms with Crippen molar-refractivity contribution in [3.63, 3.8) is 0 Å². The van der Waals surface area contributed by atoms with Crippen LogP contribution in [0.5, 0.6) is 0 Å². The van der Waals surface area contributed by atoms with Gasteiger partial charge in [0.1, 0.15) is 18.1 Å². The Morgan fingerprint density at radius 1 is 1.57 bits per heavy atom. The zero-order chi connectivity index (χ0) is 15.4. The first kappa shape index (κ1) is 16.0. The Balaban J connectivity index is 2.03. The van der Waals surface area contributed by atoms with E-state index in [9.17, 15) is 4.79 Å². The fourth-order valence-corrected chi connectivity index (χ4v) is 2.50. The lowest BCUT2D eigenvalue weighted by atomic mass is 10.3. The lowest BCUT2D eigenvalue weighted by molar-refractivity contribution is -0.131. The third-order valence-corrected chi connectivity index (χ3v) is 3.79. The number of carbonyl (C=O) groups excluding carboxylic acids is 1. The number of H-pyrrole nitrogens is 1. The summed E-state index contributed by atoms with van der Waals surface area (Å²) in [4.78, 5) is 13.9. The standard InChI is InChI=1S/C13H17BrN4O2S/c1-3-4-11-15-16-13(21)18(11)8-12(19)17(2)7-9-5-6-10(14)20-9/h5-6H,3-4,7-8H2,1-2H3,(H,16,21). The molecule has 0 saturated heterocycles. The molecule has 0 bridgehead atoms. The van der Waals surface area contributed by atoms with Crippen LogP contribution in [0, 0.1) is 4.77 Å². The molecule has 2 heterocycles. The molecule has 0 fully saturated rings. The van der Waals surface area contributed by atoms with Crippen LogP contribution >= 0.6 is 28.1 Å². The third-order valence-electron chi connectivity index (χ3n) is 3.05. The van der Waals surface area contributed by atoms with Crippen molar-refractivity contribution in [2.24, 2.45) is 0 Å². The molecule has 8 heteroatoms. The molecule has 2 aromatic heterocycles. The van der Waals surface area contributed by atoms with E-state index in [1.165, 1.54) is 0 Å². The Morgan fingerprint density at radius 2 is 2.33 bits per heavy atom. The van der Waals surface area contributed by atoms with E-state index in [0.29, 0.717) is 16.0 Å². The van der Waals surface area contributed by atoms with Crippen molar-refractivity contribution in [2.75, 3.05) is 7.05 Å². The number of hydrogen-bond donors (Lipinski definition) is 1. The Kier molecular flexibility index (Phi) is 5.35. The van der Waals surface area contributed by atoms with Crippen molar-refractivity contribution in [3.05, 3.63) is 33.2 Å². The van der Waals surface area contributed by atoms with Gasteiger partial charge in [-0.05, 0) is 46.7 Å². The fourth-order valence-electron chi connectivity index (χ4n) is 1.94. The second-order valence-electron chi connectivity index (χ2n) is 4.74. The second kappa shape index (κ2) is 7.04. The van der Waals surface area contributed by atoms with E-state index >= 15 is 0 Å². The van der Waals surface area contributed by atoms with E-state index < -0.39 is 0 Å². The summed E-state index contributed by atoms with van der Waals surface area (Å²) in [5.74, 6) is 1.49. The van der Waals surface area contributed by atoms with Gasteiger partial charge in [-0.2, -0.15) is 5.10 Å². The largest absolute Gasteiger partial charge is 0.452 e. The number of likely N-dealkylation sites (N-methyl/N-ethyl adjacent to an activating group) is 1. The van der Waals surface area contributed by atoms with Crippen molar-refractivity contribution in [2.45, 2.75) is 32.9 Å². The van der Waals surface area contributed by atoms with Crippen LogP contribution in [0.3, 0.4) is 0 Å². The highest BCUT2D eigenvalue weighted by atomic mass is 79.9. The number of halogens is 1. The number of aromatic amines is 1. The molecule has 2 rings (SSSR count). The number of furan rings is 1. The molecular formula is C13H17BrN4O2S. The van der Waals surface area contributed by atoms with Crippen LogP contribution in [0.2, 0.25) is 0 Å². The molecule has 0 unspecified atom stereocenters. The molecule has 21 heavy (non-hydrogen) atoms. The van der Waals surface area contributed by atoms with Crippen LogP contribution in [0.25, 0.3) is 0 Å². The summed E-state index contributed by atoms with van der Waals surface area (Å²) < 4.78 is 8.27. The number of nitrogens with one attached hydrogen (secondary N) is 1. The first-order chi connectivity index (χ1) is 10.0. The summed E-state index contributed by atoms with van der Waals surface area (Å²) >= 11 is 8.42. The van der Waals surface area contributed by atoms with E-state index in [1.807, 2.05) is 6.07 Å². The minimum absolute atomic E-state index is 0.0441. The summed E-state index contributed by atoms with van der Waals surface area (Å²) in [5.41, 5.74) is 0. The highest BCUT2D eigenvalue weighted by Gasteiger charge is 2.15. The van der Waals surface area contributed by atoms with E-state index in [1.54, 1.807) is 22.6 Å². The van der Waals surface area contributed by atoms with Gasteiger partial charge in [-0.1, -0.05) is 6.92 Å². The third kappa shape index (κ3) is 4.04. The molecule has 0 aliphatic carbocycles. The summed E-state index contributed by atoms with van der Waals surface area (Å²) in [7, 11) is 1.74. The topological polar surface area (TPSA) is 67.1 Å². The Hall–Kier alpha value is -1.41. The van der Waals surface area contributed by atoms with Gasteiger partial charge in [0.25, 0.3) is 0 Å². The Labute approximate surface area is 136 Å². The maximum Gasteiger partial charge on any atom is 0.242 e. The number of amides is 1. The lowest BCUT2D eigenvalue weighted by Crippen LogP contribution is -2.30. The molecule has 0 radical (unpaired) electrons. The number of aromatic nitrogens is 3. The summed E-state index contributed by atoms with van der Waals surface area (Å²) in [5, 5.41) is 6.90. The molecule has 1 amide bonds. The molecule has 114 valence electrons. The van der Waals surface area contributed by atoms with Gasteiger partial charge in [-0.3, -0.25) is 14.5 Å². The summed E-state index contributed by atoms with van der Waals surface area (Å²) in [6, 6.07) is 3.64. The number of hydrogen-bond acceptors (Lipinski definition) is 4. The van der Waals surface area contributed by atoms with Crippen LogP contribution in [0.15, 0.2) is 21.2 Å². The van der Waals surface area contributed by atoms with Crippen molar-refractivity contribution >= 4 is 34.1 Å². The molecule has 1 N–H and O–H groups in total. The Bertz CT molecular complexity index is 676. The molecular weight excluding hydrogens is 356 g/mol. The van der Waals surface area contributed by atoms with Crippen LogP contribution in [0.1, 0.15) is 24.9 Å². The molecule has 0 aliphatic heterocycles. The first-order valence-corrected chi connectivity index (χ1v) is 7.83. The van der Waals surface area contributed by atoms with E-state index in [4.69, 9.17) is 16.6 Å². The van der Waals surface area contributed by atoms with Gasteiger partial charge in [0.15, 0.2) is 9.44 Å². The van der Waals surface area contributed by atoms with Crippen LogP contribution in [-0.4, -0.2) is 32.6 Å². The predicted octanol–water partition coefficient (Wildman–Crippen LogP) is 2.91. The van der Waals surface area contributed by atoms with Crippen LogP contribution in [-0.2, 0) is 24.3 Å². The molecule has 0 spiro atoms. The SMILES string of the molecule is CCCc1n[nH]c(=S)n1CC(=O)N(C)Cc1ccc(Br)o1. The van der Waals surface area contributed by atoms with Gasteiger partial charge in [0, 0.05) is 13.5 Å². The number of nitrogens with zero attached hydrogens (tertiary/aromatic N) is 3. The molecule has 0 aromatic carbocycles. The molecule has 0 saturated carbocycles. The minimum atomic E-state index is -0.0441. The predicted molar refractivity (Wildman–Crippen MR) is 84.3 cm³/mol. The second-order valence-corrected chi connectivity index (χ2v) is 5.91. The molecule has 6 nitrogen and oxygen atoms in total. The van der Waals surface area contributed by atoms with Crippen molar-refractivity contribution in [1.29, 1.82) is 0 Å². The highest BCUT2D eigenvalue weighted by Crippen LogP contribution is 2.15. The van der Waals surface area contributed by atoms with Crippen LogP contribution in [0.4, 0.5) is 0 Å². The van der Waals surface area contributed by atoms with Crippen molar-refractivity contribution < 1.29 is 9.21 Å². The molecule has 2 aromatic rings. The number of aryl methyl sites for hydroxylation is 1. The van der Waals surface area contributed by atoms with Gasteiger partial charge in [-0.25, -0.2) is 0 Å².